The normalized spacial score (nSPS) is 11.1. The smallest absolute Gasteiger partial charge is 0.240 e. The van der Waals surface area contributed by atoms with Crippen LogP contribution >= 0.6 is 11.3 Å². The number of nitrogens with one attached hydrogen (secondary N) is 2. The first-order valence-electron chi connectivity index (χ1n) is 9.60. The van der Waals surface area contributed by atoms with E-state index in [0.717, 1.165) is 27.9 Å². The second kappa shape index (κ2) is 8.07. The lowest BCUT2D eigenvalue weighted by molar-refractivity contribution is -0.116. The van der Waals surface area contributed by atoms with E-state index < -0.39 is 0 Å². The SMILES string of the molecule is Cc1[nH]c2ccccc2c1-c1csc(NC(=O)CCc2nc(-c3ncccn3)no2)n1. The first kappa shape index (κ1) is 19.1. The number of aromatic amines is 1. The lowest BCUT2D eigenvalue weighted by Gasteiger charge is -2.00. The third-order valence-electron chi connectivity index (χ3n) is 4.70. The molecular weight excluding hydrogens is 414 g/mol. The summed E-state index contributed by atoms with van der Waals surface area (Å²) >= 11 is 1.39. The average Bonchev–Trinajstić information content (AvgIpc) is 3.51. The molecule has 1 amide bonds. The Morgan fingerprint density at radius 2 is 1.97 bits per heavy atom. The van der Waals surface area contributed by atoms with Gasteiger partial charge in [0.25, 0.3) is 0 Å². The highest BCUT2D eigenvalue weighted by Gasteiger charge is 2.16. The summed E-state index contributed by atoms with van der Waals surface area (Å²) in [6.07, 6.45) is 3.71. The molecule has 0 aliphatic carbocycles. The van der Waals surface area contributed by atoms with Crippen LogP contribution in [0, 0.1) is 6.92 Å². The van der Waals surface area contributed by atoms with Crippen LogP contribution in [0.5, 0.6) is 0 Å². The van der Waals surface area contributed by atoms with Crippen LogP contribution in [0.15, 0.2) is 52.6 Å². The fraction of sp³-hybridized carbons (Fsp3) is 0.143. The highest BCUT2D eigenvalue weighted by Crippen LogP contribution is 2.33. The second-order valence-corrected chi connectivity index (χ2v) is 7.70. The number of aromatic nitrogens is 6. The van der Waals surface area contributed by atoms with Crippen molar-refractivity contribution in [2.45, 2.75) is 19.8 Å². The fourth-order valence-corrected chi connectivity index (χ4v) is 4.03. The van der Waals surface area contributed by atoms with E-state index >= 15 is 0 Å². The minimum absolute atomic E-state index is 0.174. The molecule has 0 bridgehead atoms. The van der Waals surface area contributed by atoms with Gasteiger partial charge < -0.3 is 14.8 Å². The Hall–Kier alpha value is -3.92. The number of aryl methyl sites for hydroxylation is 2. The molecule has 0 saturated heterocycles. The van der Waals surface area contributed by atoms with Gasteiger partial charge in [-0.3, -0.25) is 4.79 Å². The number of hydrogen-bond donors (Lipinski definition) is 2. The van der Waals surface area contributed by atoms with Gasteiger partial charge in [-0.1, -0.05) is 23.4 Å². The Morgan fingerprint density at radius 1 is 1.13 bits per heavy atom. The summed E-state index contributed by atoms with van der Waals surface area (Å²) in [4.78, 5) is 32.7. The van der Waals surface area contributed by atoms with Crippen molar-refractivity contribution in [2.24, 2.45) is 0 Å². The van der Waals surface area contributed by atoms with Gasteiger partial charge in [-0.25, -0.2) is 15.0 Å². The molecule has 0 unspecified atom stereocenters. The number of thiazole rings is 1. The Morgan fingerprint density at radius 3 is 2.84 bits per heavy atom. The van der Waals surface area contributed by atoms with E-state index in [-0.39, 0.29) is 12.3 Å². The van der Waals surface area contributed by atoms with Crippen LogP contribution in [0.3, 0.4) is 0 Å². The molecule has 0 atom stereocenters. The van der Waals surface area contributed by atoms with Crippen molar-refractivity contribution in [3.63, 3.8) is 0 Å². The number of carbonyl (C=O) groups is 1. The largest absolute Gasteiger partial charge is 0.358 e. The first-order chi connectivity index (χ1) is 15.2. The predicted molar refractivity (Wildman–Crippen MR) is 116 cm³/mol. The molecule has 10 heteroatoms. The van der Waals surface area contributed by atoms with E-state index in [1.807, 2.05) is 30.5 Å². The van der Waals surface area contributed by atoms with Crippen LogP contribution < -0.4 is 5.32 Å². The van der Waals surface area contributed by atoms with Gasteiger partial charge in [0.05, 0.1) is 5.69 Å². The summed E-state index contributed by atoms with van der Waals surface area (Å²) in [6, 6.07) is 9.80. The lowest BCUT2D eigenvalue weighted by Crippen LogP contribution is -2.12. The van der Waals surface area contributed by atoms with Crippen molar-refractivity contribution in [1.82, 2.24) is 30.1 Å². The standard InChI is InChI=1S/C21H17N7O2S/c1-12-18(13-5-2-3-6-14(13)24-12)15-11-31-21(25-15)26-16(29)7-8-17-27-20(28-30-17)19-22-9-4-10-23-19/h2-6,9-11,24H,7-8H2,1H3,(H,25,26,29). The van der Waals surface area contributed by atoms with Crippen LogP contribution in [-0.4, -0.2) is 36.0 Å². The van der Waals surface area contributed by atoms with Crippen LogP contribution in [0.2, 0.25) is 0 Å². The third kappa shape index (κ3) is 3.92. The number of rotatable bonds is 6. The van der Waals surface area contributed by atoms with Crippen molar-refractivity contribution < 1.29 is 9.32 Å². The molecule has 9 nitrogen and oxygen atoms in total. The van der Waals surface area contributed by atoms with E-state index in [0.29, 0.717) is 29.1 Å². The summed E-state index contributed by atoms with van der Waals surface area (Å²) in [5.74, 6) is 0.860. The molecule has 0 aliphatic rings. The summed E-state index contributed by atoms with van der Waals surface area (Å²) in [5.41, 5.74) is 3.99. The van der Waals surface area contributed by atoms with Gasteiger partial charge in [0.1, 0.15) is 0 Å². The molecule has 4 aromatic heterocycles. The molecule has 1 aromatic carbocycles. The van der Waals surface area contributed by atoms with Crippen molar-refractivity contribution in [3.05, 3.63) is 59.7 Å². The number of hydrogen-bond acceptors (Lipinski definition) is 8. The quantitative estimate of drug-likeness (QED) is 0.416. The van der Waals surface area contributed by atoms with Crippen LogP contribution in [0.4, 0.5) is 5.13 Å². The number of para-hydroxylation sites is 1. The number of fused-ring (bicyclic) bond motifs is 1. The number of amides is 1. The van der Waals surface area contributed by atoms with Crippen molar-refractivity contribution in [3.8, 4) is 22.9 Å². The van der Waals surface area contributed by atoms with Gasteiger partial charge in [-0.15, -0.1) is 11.3 Å². The molecule has 0 saturated carbocycles. The minimum Gasteiger partial charge on any atom is -0.358 e. The predicted octanol–water partition coefficient (Wildman–Crippen LogP) is 4.01. The zero-order valence-electron chi connectivity index (χ0n) is 16.5. The Balaban J connectivity index is 1.23. The van der Waals surface area contributed by atoms with Crippen LogP contribution in [0.25, 0.3) is 33.8 Å². The molecule has 0 radical (unpaired) electrons. The van der Waals surface area contributed by atoms with E-state index in [2.05, 4.69) is 41.5 Å². The van der Waals surface area contributed by atoms with Gasteiger partial charge in [0, 0.05) is 52.8 Å². The first-order valence-corrected chi connectivity index (χ1v) is 10.5. The molecule has 0 spiro atoms. The molecule has 4 heterocycles. The topological polar surface area (TPSA) is 122 Å². The van der Waals surface area contributed by atoms with Gasteiger partial charge >= 0.3 is 0 Å². The molecule has 154 valence electrons. The second-order valence-electron chi connectivity index (χ2n) is 6.84. The highest BCUT2D eigenvalue weighted by molar-refractivity contribution is 7.14. The zero-order chi connectivity index (χ0) is 21.2. The average molecular weight is 431 g/mol. The molecular formula is C21H17N7O2S. The van der Waals surface area contributed by atoms with Gasteiger partial charge in [-0.05, 0) is 19.1 Å². The summed E-state index contributed by atoms with van der Waals surface area (Å²) in [5, 5.41) is 10.3. The molecule has 5 rings (SSSR count). The molecule has 5 aromatic rings. The number of carbonyl (C=O) groups excluding carboxylic acids is 1. The zero-order valence-corrected chi connectivity index (χ0v) is 17.3. The number of anilines is 1. The Bertz CT molecular complexity index is 1360. The fourth-order valence-electron chi connectivity index (χ4n) is 3.32. The van der Waals surface area contributed by atoms with Gasteiger partial charge in [0.2, 0.25) is 23.4 Å². The Kier molecular flexibility index (Phi) is 4.97. The van der Waals surface area contributed by atoms with E-state index in [4.69, 9.17) is 4.52 Å². The van der Waals surface area contributed by atoms with Crippen molar-refractivity contribution >= 4 is 33.3 Å². The highest BCUT2D eigenvalue weighted by atomic mass is 32.1. The molecule has 2 N–H and O–H groups in total. The number of benzene rings is 1. The minimum atomic E-state index is -0.174. The Labute approximate surface area is 180 Å². The summed E-state index contributed by atoms with van der Waals surface area (Å²) < 4.78 is 5.19. The number of H-pyrrole nitrogens is 1. The maximum absolute atomic E-state index is 12.4. The van der Waals surface area contributed by atoms with E-state index in [9.17, 15) is 4.79 Å². The monoisotopic (exact) mass is 431 g/mol. The summed E-state index contributed by atoms with van der Waals surface area (Å²) in [6.45, 7) is 2.02. The van der Waals surface area contributed by atoms with Gasteiger partial charge in [0.15, 0.2) is 5.13 Å². The lowest BCUT2D eigenvalue weighted by atomic mass is 10.1. The number of nitrogens with zero attached hydrogens (tertiary/aromatic N) is 5. The van der Waals surface area contributed by atoms with Gasteiger partial charge in [-0.2, -0.15) is 4.98 Å². The van der Waals surface area contributed by atoms with Crippen molar-refractivity contribution in [1.29, 1.82) is 0 Å². The van der Waals surface area contributed by atoms with Crippen LogP contribution in [-0.2, 0) is 11.2 Å². The van der Waals surface area contributed by atoms with Crippen molar-refractivity contribution in [2.75, 3.05) is 5.32 Å². The van der Waals surface area contributed by atoms with E-state index in [1.165, 1.54) is 11.3 Å². The molecule has 0 aliphatic heterocycles. The maximum Gasteiger partial charge on any atom is 0.240 e. The van der Waals surface area contributed by atoms with Crippen LogP contribution in [0.1, 0.15) is 18.0 Å². The molecule has 31 heavy (non-hydrogen) atoms. The third-order valence-corrected chi connectivity index (χ3v) is 5.46. The summed E-state index contributed by atoms with van der Waals surface area (Å²) in [7, 11) is 0. The molecule has 0 fully saturated rings. The van der Waals surface area contributed by atoms with E-state index in [1.54, 1.807) is 18.5 Å². The maximum atomic E-state index is 12.4.